The maximum atomic E-state index is 12.2. The van der Waals surface area contributed by atoms with Crippen LogP contribution in [-0.4, -0.2) is 10.9 Å². The Bertz CT molecular complexity index is 631. The molecule has 0 aliphatic rings. The number of aromatic nitrogens is 1. The van der Waals surface area contributed by atoms with E-state index in [0.29, 0.717) is 16.3 Å². The maximum absolute atomic E-state index is 12.2. The van der Waals surface area contributed by atoms with Crippen LogP contribution in [0.3, 0.4) is 0 Å². The van der Waals surface area contributed by atoms with Gasteiger partial charge in [-0.15, -0.1) is 11.3 Å². The van der Waals surface area contributed by atoms with E-state index in [0.717, 1.165) is 19.6 Å². The quantitative estimate of drug-likeness (QED) is 0.739. The molecule has 2 aromatic rings. The van der Waals surface area contributed by atoms with Crippen molar-refractivity contribution in [2.45, 2.75) is 13.8 Å². The largest absolute Gasteiger partial charge is 0.397 e. The van der Waals surface area contributed by atoms with Gasteiger partial charge in [0.15, 0.2) is 0 Å². The third-order valence-corrected chi connectivity index (χ3v) is 4.59. The number of amides is 1. The number of aryl methyl sites for hydroxylation is 2. The lowest BCUT2D eigenvalue weighted by Gasteiger charge is -2.10. The van der Waals surface area contributed by atoms with Crippen LogP contribution >= 0.6 is 43.2 Å². The van der Waals surface area contributed by atoms with Gasteiger partial charge in [0.25, 0.3) is 5.91 Å². The highest BCUT2D eigenvalue weighted by Crippen LogP contribution is 2.33. The monoisotopic (exact) mass is 403 g/mol. The molecule has 19 heavy (non-hydrogen) atoms. The maximum Gasteiger partial charge on any atom is 0.267 e. The Kier molecular flexibility index (Phi) is 4.27. The molecule has 7 heteroatoms. The SMILES string of the molecule is Cc1nc(C)c(C(=O)Nc2c(N)cc(Br)cc2Br)s1. The zero-order chi connectivity index (χ0) is 14.2. The second-order valence-electron chi connectivity index (χ2n) is 3.95. The predicted molar refractivity (Wildman–Crippen MR) is 85.8 cm³/mol. The average Bonchev–Trinajstić information content (AvgIpc) is 2.62. The number of nitrogens with one attached hydrogen (secondary N) is 1. The van der Waals surface area contributed by atoms with E-state index in [-0.39, 0.29) is 5.91 Å². The van der Waals surface area contributed by atoms with Crippen LogP contribution in [0.15, 0.2) is 21.1 Å². The molecule has 1 aromatic heterocycles. The molecule has 0 radical (unpaired) electrons. The van der Waals surface area contributed by atoms with Crippen LogP contribution in [0, 0.1) is 13.8 Å². The van der Waals surface area contributed by atoms with E-state index in [1.807, 2.05) is 19.9 Å². The fourth-order valence-corrected chi connectivity index (χ4v) is 3.81. The number of benzene rings is 1. The summed E-state index contributed by atoms with van der Waals surface area (Å²) >= 11 is 8.10. The predicted octanol–water partition coefficient (Wildman–Crippen LogP) is 4.12. The molecular weight excluding hydrogens is 394 g/mol. The average molecular weight is 405 g/mol. The summed E-state index contributed by atoms with van der Waals surface area (Å²) < 4.78 is 1.58. The summed E-state index contributed by atoms with van der Waals surface area (Å²) in [4.78, 5) is 17.1. The third kappa shape index (κ3) is 3.16. The molecule has 0 saturated carbocycles. The van der Waals surface area contributed by atoms with E-state index in [1.54, 1.807) is 6.07 Å². The van der Waals surface area contributed by atoms with Gasteiger partial charge in [0.2, 0.25) is 0 Å². The topological polar surface area (TPSA) is 68.0 Å². The van der Waals surface area contributed by atoms with E-state index in [4.69, 9.17) is 5.73 Å². The zero-order valence-corrected chi connectivity index (χ0v) is 14.2. The second kappa shape index (κ2) is 5.60. The molecule has 0 aliphatic heterocycles. The minimum absolute atomic E-state index is 0.196. The fourth-order valence-electron chi connectivity index (χ4n) is 1.64. The Labute approximate surface area is 131 Å². The molecule has 100 valence electrons. The van der Waals surface area contributed by atoms with Crippen LogP contribution in [0.25, 0.3) is 0 Å². The standard InChI is InChI=1S/C12H11Br2N3OS/c1-5-11(19-6(2)16-5)12(18)17-10-8(14)3-7(13)4-9(10)15/h3-4H,15H2,1-2H3,(H,17,18). The van der Waals surface area contributed by atoms with Crippen LogP contribution in [0.4, 0.5) is 11.4 Å². The zero-order valence-electron chi connectivity index (χ0n) is 10.3. The molecule has 0 spiro atoms. The smallest absolute Gasteiger partial charge is 0.267 e. The van der Waals surface area contributed by atoms with E-state index in [1.165, 1.54) is 11.3 Å². The fraction of sp³-hybridized carbons (Fsp3) is 0.167. The Balaban J connectivity index is 2.32. The van der Waals surface area contributed by atoms with Gasteiger partial charge in [-0.2, -0.15) is 0 Å². The molecule has 0 atom stereocenters. The number of halogens is 2. The second-order valence-corrected chi connectivity index (χ2v) is 6.93. The number of hydrogen-bond acceptors (Lipinski definition) is 4. The third-order valence-electron chi connectivity index (χ3n) is 2.43. The first-order valence-corrected chi connectivity index (χ1v) is 7.78. The molecule has 2 rings (SSSR count). The minimum atomic E-state index is -0.196. The Morgan fingerprint density at radius 2 is 2.05 bits per heavy atom. The van der Waals surface area contributed by atoms with Crippen molar-refractivity contribution in [1.29, 1.82) is 0 Å². The van der Waals surface area contributed by atoms with E-state index >= 15 is 0 Å². The van der Waals surface area contributed by atoms with Gasteiger partial charge in [0, 0.05) is 8.95 Å². The highest BCUT2D eigenvalue weighted by molar-refractivity contribution is 9.11. The Hall–Kier alpha value is -0.920. The molecule has 0 unspecified atom stereocenters. The summed E-state index contributed by atoms with van der Waals surface area (Å²) in [6.45, 7) is 3.69. The van der Waals surface area contributed by atoms with Crippen LogP contribution in [0.1, 0.15) is 20.4 Å². The highest BCUT2D eigenvalue weighted by atomic mass is 79.9. The lowest BCUT2D eigenvalue weighted by atomic mass is 10.2. The van der Waals surface area contributed by atoms with Crippen LogP contribution < -0.4 is 11.1 Å². The summed E-state index contributed by atoms with van der Waals surface area (Å²) in [7, 11) is 0. The highest BCUT2D eigenvalue weighted by Gasteiger charge is 2.16. The van der Waals surface area contributed by atoms with Gasteiger partial charge in [0.05, 0.1) is 22.1 Å². The molecular formula is C12H11Br2N3OS. The molecule has 1 aromatic carbocycles. The molecule has 0 bridgehead atoms. The van der Waals surface area contributed by atoms with Gasteiger partial charge in [-0.3, -0.25) is 4.79 Å². The first kappa shape index (κ1) is 14.5. The molecule has 3 N–H and O–H groups in total. The lowest BCUT2D eigenvalue weighted by Crippen LogP contribution is -2.13. The van der Waals surface area contributed by atoms with Crippen molar-refractivity contribution < 1.29 is 4.79 Å². The van der Waals surface area contributed by atoms with E-state index in [2.05, 4.69) is 42.2 Å². The summed E-state index contributed by atoms with van der Waals surface area (Å²) in [6.07, 6.45) is 0. The van der Waals surface area contributed by atoms with Crippen LogP contribution in [0.2, 0.25) is 0 Å². The molecule has 0 aliphatic carbocycles. The van der Waals surface area contributed by atoms with Crippen molar-refractivity contribution in [3.8, 4) is 0 Å². The lowest BCUT2D eigenvalue weighted by molar-refractivity contribution is 0.103. The molecule has 4 nitrogen and oxygen atoms in total. The normalized spacial score (nSPS) is 10.5. The van der Waals surface area contributed by atoms with E-state index in [9.17, 15) is 4.79 Å². The number of nitrogens with zero attached hydrogens (tertiary/aromatic N) is 1. The van der Waals surface area contributed by atoms with Crippen LogP contribution in [0.5, 0.6) is 0 Å². The van der Waals surface area contributed by atoms with Crippen molar-refractivity contribution in [1.82, 2.24) is 4.98 Å². The van der Waals surface area contributed by atoms with E-state index < -0.39 is 0 Å². The number of carbonyl (C=O) groups is 1. The summed E-state index contributed by atoms with van der Waals surface area (Å²) in [5.41, 5.74) is 7.70. The van der Waals surface area contributed by atoms with Crippen molar-refractivity contribution in [2.75, 3.05) is 11.1 Å². The molecule has 1 amide bonds. The van der Waals surface area contributed by atoms with Crippen LogP contribution in [-0.2, 0) is 0 Å². The number of hydrogen-bond donors (Lipinski definition) is 2. The van der Waals surface area contributed by atoms with Crippen molar-refractivity contribution in [3.05, 3.63) is 36.7 Å². The number of nitrogens with two attached hydrogens (primary N) is 1. The number of carbonyl (C=O) groups excluding carboxylic acids is 1. The number of nitrogen functional groups attached to an aromatic ring is 1. The van der Waals surface area contributed by atoms with Gasteiger partial charge in [0.1, 0.15) is 4.88 Å². The Morgan fingerprint density at radius 3 is 2.58 bits per heavy atom. The number of anilines is 2. The summed E-state index contributed by atoms with van der Waals surface area (Å²) in [6, 6.07) is 3.57. The van der Waals surface area contributed by atoms with Gasteiger partial charge in [-0.1, -0.05) is 15.9 Å². The number of rotatable bonds is 2. The van der Waals surface area contributed by atoms with Gasteiger partial charge in [-0.25, -0.2) is 4.98 Å². The van der Waals surface area contributed by atoms with Gasteiger partial charge >= 0.3 is 0 Å². The summed E-state index contributed by atoms with van der Waals surface area (Å²) in [5.74, 6) is -0.196. The molecule has 0 fully saturated rings. The molecule has 1 heterocycles. The van der Waals surface area contributed by atoms with Crippen molar-refractivity contribution >= 4 is 60.5 Å². The summed E-state index contributed by atoms with van der Waals surface area (Å²) in [5, 5.41) is 3.68. The van der Waals surface area contributed by atoms with Gasteiger partial charge in [-0.05, 0) is 41.9 Å². The minimum Gasteiger partial charge on any atom is -0.397 e. The first-order valence-electron chi connectivity index (χ1n) is 5.38. The molecule has 0 saturated heterocycles. The van der Waals surface area contributed by atoms with Crippen molar-refractivity contribution in [3.63, 3.8) is 0 Å². The van der Waals surface area contributed by atoms with Gasteiger partial charge < -0.3 is 11.1 Å². The Morgan fingerprint density at radius 1 is 1.37 bits per heavy atom. The van der Waals surface area contributed by atoms with Crippen molar-refractivity contribution in [2.24, 2.45) is 0 Å². The number of thiazole rings is 1. The first-order chi connectivity index (χ1) is 8.88.